The first-order chi connectivity index (χ1) is 8.19. The van der Waals surface area contributed by atoms with Crippen molar-refractivity contribution >= 4 is 17.7 Å². The summed E-state index contributed by atoms with van der Waals surface area (Å²) in [5.41, 5.74) is 5.93. The van der Waals surface area contributed by atoms with Crippen molar-refractivity contribution in [3.8, 4) is 0 Å². The topological polar surface area (TPSA) is 64.2 Å². The first-order valence-electron chi connectivity index (χ1n) is 5.65. The van der Waals surface area contributed by atoms with E-state index >= 15 is 0 Å². The summed E-state index contributed by atoms with van der Waals surface area (Å²) >= 11 is 1.79. The second-order valence-electron chi connectivity index (χ2n) is 3.86. The largest absolute Gasteiger partial charge is 0.340 e. The quantitative estimate of drug-likeness (QED) is 0.728. The fourth-order valence-corrected chi connectivity index (χ4v) is 1.90. The molecule has 1 aromatic rings. The Morgan fingerprint density at radius 3 is 3.06 bits per heavy atom. The standard InChI is InChI=1S/C11H20N4OS/c1-14(5-3-7-17-2)11(16)10-8-15(6-4-12)9-13-10/h8-9H,3-7,12H2,1-2H3. The molecule has 17 heavy (non-hydrogen) atoms. The van der Waals surface area contributed by atoms with Crippen molar-refractivity contribution in [3.63, 3.8) is 0 Å². The van der Waals surface area contributed by atoms with Gasteiger partial charge >= 0.3 is 0 Å². The van der Waals surface area contributed by atoms with Crippen LogP contribution < -0.4 is 5.73 Å². The number of amides is 1. The number of nitrogens with two attached hydrogens (primary N) is 1. The number of hydrogen-bond acceptors (Lipinski definition) is 4. The van der Waals surface area contributed by atoms with Gasteiger partial charge in [0.25, 0.3) is 5.91 Å². The molecular weight excluding hydrogens is 236 g/mol. The van der Waals surface area contributed by atoms with E-state index in [0.717, 1.165) is 18.7 Å². The molecule has 0 aliphatic heterocycles. The van der Waals surface area contributed by atoms with Crippen molar-refractivity contribution in [3.05, 3.63) is 18.2 Å². The van der Waals surface area contributed by atoms with Gasteiger partial charge in [-0.2, -0.15) is 11.8 Å². The molecule has 0 unspecified atom stereocenters. The van der Waals surface area contributed by atoms with Crippen LogP contribution in [0, 0.1) is 0 Å². The molecule has 0 spiro atoms. The van der Waals surface area contributed by atoms with Crippen LogP contribution in [-0.2, 0) is 6.54 Å². The average Bonchev–Trinajstić information content (AvgIpc) is 2.77. The third-order valence-electron chi connectivity index (χ3n) is 2.43. The smallest absolute Gasteiger partial charge is 0.273 e. The highest BCUT2D eigenvalue weighted by Crippen LogP contribution is 2.03. The van der Waals surface area contributed by atoms with Crippen LogP contribution in [0.2, 0.25) is 0 Å². The summed E-state index contributed by atoms with van der Waals surface area (Å²) in [6.45, 7) is 2.01. The van der Waals surface area contributed by atoms with Crippen molar-refractivity contribution in [2.24, 2.45) is 5.73 Å². The lowest BCUT2D eigenvalue weighted by Gasteiger charge is -2.15. The van der Waals surface area contributed by atoms with Gasteiger partial charge in [-0.15, -0.1) is 0 Å². The Labute approximate surface area is 106 Å². The number of imidazole rings is 1. The van der Waals surface area contributed by atoms with E-state index in [4.69, 9.17) is 5.73 Å². The highest BCUT2D eigenvalue weighted by Gasteiger charge is 2.13. The predicted molar refractivity (Wildman–Crippen MR) is 71.2 cm³/mol. The molecule has 0 fully saturated rings. The molecule has 0 aromatic carbocycles. The van der Waals surface area contributed by atoms with Crippen LogP contribution >= 0.6 is 11.8 Å². The van der Waals surface area contributed by atoms with Gasteiger partial charge in [0.2, 0.25) is 0 Å². The van der Waals surface area contributed by atoms with Crippen LogP contribution in [0.5, 0.6) is 0 Å². The Hall–Kier alpha value is -1.01. The van der Waals surface area contributed by atoms with E-state index in [-0.39, 0.29) is 5.91 Å². The van der Waals surface area contributed by atoms with Crippen LogP contribution in [-0.4, -0.2) is 52.5 Å². The number of aromatic nitrogens is 2. The Kier molecular flexibility index (Phi) is 6.07. The van der Waals surface area contributed by atoms with Gasteiger partial charge in [-0.05, 0) is 18.4 Å². The predicted octanol–water partition coefficient (Wildman–Crippen LogP) is 0.667. The number of carbonyl (C=O) groups excluding carboxylic acids is 1. The third-order valence-corrected chi connectivity index (χ3v) is 3.13. The molecule has 0 aliphatic carbocycles. The molecule has 1 aromatic heterocycles. The zero-order chi connectivity index (χ0) is 12.7. The van der Waals surface area contributed by atoms with E-state index in [1.807, 2.05) is 11.6 Å². The molecule has 1 heterocycles. The van der Waals surface area contributed by atoms with Crippen LogP contribution in [0.25, 0.3) is 0 Å². The van der Waals surface area contributed by atoms with Crippen LogP contribution in [0.15, 0.2) is 12.5 Å². The molecule has 2 N–H and O–H groups in total. The zero-order valence-corrected chi connectivity index (χ0v) is 11.2. The normalized spacial score (nSPS) is 10.5. The van der Waals surface area contributed by atoms with E-state index in [1.54, 1.807) is 29.2 Å². The fourth-order valence-electron chi connectivity index (χ4n) is 1.49. The maximum absolute atomic E-state index is 12.0. The van der Waals surface area contributed by atoms with Gasteiger partial charge in [0, 0.05) is 32.9 Å². The van der Waals surface area contributed by atoms with E-state index in [1.165, 1.54) is 0 Å². The highest BCUT2D eigenvalue weighted by molar-refractivity contribution is 7.98. The first kappa shape index (κ1) is 14.1. The molecular formula is C11H20N4OS. The minimum atomic E-state index is -0.0260. The van der Waals surface area contributed by atoms with E-state index in [2.05, 4.69) is 11.2 Å². The lowest BCUT2D eigenvalue weighted by Crippen LogP contribution is -2.28. The molecule has 1 amide bonds. The van der Waals surface area contributed by atoms with Gasteiger partial charge in [0.05, 0.1) is 6.33 Å². The number of nitrogens with zero attached hydrogens (tertiary/aromatic N) is 3. The van der Waals surface area contributed by atoms with Crippen molar-refractivity contribution in [2.45, 2.75) is 13.0 Å². The molecule has 0 saturated carbocycles. The Bertz CT molecular complexity index is 353. The second-order valence-corrected chi connectivity index (χ2v) is 4.84. The molecule has 0 radical (unpaired) electrons. The Morgan fingerprint density at radius 1 is 1.65 bits per heavy atom. The summed E-state index contributed by atoms with van der Waals surface area (Å²) in [5, 5.41) is 0. The van der Waals surface area contributed by atoms with E-state index in [0.29, 0.717) is 18.8 Å². The van der Waals surface area contributed by atoms with Gasteiger partial charge in [0.1, 0.15) is 5.69 Å². The maximum atomic E-state index is 12.0. The zero-order valence-electron chi connectivity index (χ0n) is 10.4. The molecule has 6 heteroatoms. The summed E-state index contributed by atoms with van der Waals surface area (Å²) in [6, 6.07) is 0. The number of carbonyl (C=O) groups is 1. The monoisotopic (exact) mass is 256 g/mol. The molecule has 96 valence electrons. The summed E-state index contributed by atoms with van der Waals surface area (Å²) < 4.78 is 1.84. The fraction of sp³-hybridized carbons (Fsp3) is 0.636. The van der Waals surface area contributed by atoms with Crippen molar-refractivity contribution < 1.29 is 4.79 Å². The molecule has 0 bridgehead atoms. The van der Waals surface area contributed by atoms with Crippen LogP contribution in [0.3, 0.4) is 0 Å². The maximum Gasteiger partial charge on any atom is 0.273 e. The lowest BCUT2D eigenvalue weighted by molar-refractivity contribution is 0.0790. The van der Waals surface area contributed by atoms with Crippen molar-refractivity contribution in [2.75, 3.05) is 32.1 Å². The van der Waals surface area contributed by atoms with Gasteiger partial charge < -0.3 is 15.2 Å². The third kappa shape index (κ3) is 4.40. The van der Waals surface area contributed by atoms with Gasteiger partial charge in [-0.25, -0.2) is 4.98 Å². The molecule has 0 saturated heterocycles. The van der Waals surface area contributed by atoms with E-state index < -0.39 is 0 Å². The number of hydrogen-bond donors (Lipinski definition) is 1. The Morgan fingerprint density at radius 2 is 2.41 bits per heavy atom. The molecule has 1 rings (SSSR count). The summed E-state index contributed by atoms with van der Waals surface area (Å²) in [7, 11) is 1.81. The van der Waals surface area contributed by atoms with Crippen molar-refractivity contribution in [1.82, 2.24) is 14.5 Å². The van der Waals surface area contributed by atoms with E-state index in [9.17, 15) is 4.79 Å². The molecule has 5 nitrogen and oxygen atoms in total. The number of thioether (sulfide) groups is 1. The summed E-state index contributed by atoms with van der Waals surface area (Å²) in [6.07, 6.45) is 6.47. The first-order valence-corrected chi connectivity index (χ1v) is 7.04. The van der Waals surface area contributed by atoms with Crippen LogP contribution in [0.1, 0.15) is 16.9 Å². The summed E-state index contributed by atoms with van der Waals surface area (Å²) in [4.78, 5) is 17.8. The summed E-state index contributed by atoms with van der Waals surface area (Å²) in [5.74, 6) is 1.04. The van der Waals surface area contributed by atoms with Gasteiger partial charge in [-0.3, -0.25) is 4.79 Å². The minimum absolute atomic E-state index is 0.0260. The molecule has 0 atom stereocenters. The highest BCUT2D eigenvalue weighted by atomic mass is 32.2. The minimum Gasteiger partial charge on any atom is -0.340 e. The Balaban J connectivity index is 2.49. The number of rotatable bonds is 7. The molecule has 0 aliphatic rings. The average molecular weight is 256 g/mol. The van der Waals surface area contributed by atoms with Gasteiger partial charge in [0.15, 0.2) is 0 Å². The SMILES string of the molecule is CSCCCN(C)C(=O)c1cn(CCN)cn1. The lowest BCUT2D eigenvalue weighted by atomic mass is 10.3. The van der Waals surface area contributed by atoms with Gasteiger partial charge in [-0.1, -0.05) is 0 Å². The second kappa shape index (κ2) is 7.34. The van der Waals surface area contributed by atoms with Crippen LogP contribution in [0.4, 0.5) is 0 Å². The van der Waals surface area contributed by atoms with Crippen molar-refractivity contribution in [1.29, 1.82) is 0 Å².